The maximum atomic E-state index is 13.1. The van der Waals surface area contributed by atoms with Gasteiger partial charge in [-0.05, 0) is 292 Å². The third-order valence-electron chi connectivity index (χ3n) is 20.1. The normalized spacial score (nSPS) is 11.1. The summed E-state index contributed by atoms with van der Waals surface area (Å²) in [5.74, 6) is 6.12. The summed E-state index contributed by atoms with van der Waals surface area (Å²) in [6, 6.07) is 99.8. The Balaban J connectivity index is 0.000000125. The van der Waals surface area contributed by atoms with E-state index in [4.69, 9.17) is 27.1 Å². The van der Waals surface area contributed by atoms with Gasteiger partial charge in [-0.1, -0.05) is 210 Å². The Kier molecular flexibility index (Phi) is 25.4. The van der Waals surface area contributed by atoms with Gasteiger partial charge in [0.25, 0.3) is 0 Å². The summed E-state index contributed by atoms with van der Waals surface area (Å²) in [5.41, 5.74) is 28.4. The molecule has 4 heterocycles. The highest BCUT2D eigenvalue weighted by atomic mass is 19.4. The van der Waals surface area contributed by atoms with Crippen molar-refractivity contribution in [3.05, 3.63) is 392 Å². The van der Waals surface area contributed by atoms with Crippen LogP contribution in [0.4, 0.5) is 13.2 Å². The van der Waals surface area contributed by atoms with Gasteiger partial charge in [0.2, 0.25) is 23.6 Å². The lowest BCUT2D eigenvalue weighted by Crippen LogP contribution is -2.18. The molecule has 0 radical (unpaired) electrons. The zero-order valence-electron chi connectivity index (χ0n) is 69.2. The first-order chi connectivity index (χ1) is 56.6. The fourth-order valence-corrected chi connectivity index (χ4v) is 13.4. The Hall–Kier alpha value is -13.7. The molecule has 18 aromatic rings. The molecule has 0 saturated carbocycles. The average Bonchev–Trinajstić information content (AvgIpc) is 1.21. The number of nitrogens with zero attached hydrogens (tertiary/aromatic N) is 4. The predicted molar refractivity (Wildman–Crippen MR) is 474 cm³/mol. The van der Waals surface area contributed by atoms with Crippen molar-refractivity contribution in [3.8, 4) is 79.9 Å². The van der Waals surface area contributed by atoms with Crippen LogP contribution in [0.5, 0.6) is 23.0 Å². The second-order valence-electron chi connectivity index (χ2n) is 30.8. The van der Waals surface area contributed by atoms with E-state index < -0.39 is 11.7 Å². The first kappa shape index (κ1) is 82.3. The number of rotatable bonds is 11. The first-order valence-electron chi connectivity index (χ1n) is 39.3. The molecule has 0 amide bonds. The maximum Gasteiger partial charge on any atom is 0.417 e. The van der Waals surface area contributed by atoms with E-state index in [0.717, 1.165) is 101 Å². The SMILES string of the molecule is Cc1ccc(-c2ccc(C)cc2C(F)(F)F)c(C)c1.Cc1ccc(-c2nc3cc(C)ccc3o2)cc1.Cc1ccc(-c2nc3ccc(C)cc3o2)cc1.Cc1ccc(Oc2ccc(C(C)(C)c3ccc(Oc4ccc(C)cc4)cc3)cc2)cc1.Cc1cccc(-c2nc3cc(C)ccc3o2)c1.Cc1cccc(-c2nc3ccc(C)cc3o2)c1. The summed E-state index contributed by atoms with van der Waals surface area (Å²) in [5, 5.41) is 0. The summed E-state index contributed by atoms with van der Waals surface area (Å²) in [4.78, 5) is 18.0. The number of halogens is 3. The molecular weight excluding hydrogens is 1470 g/mol. The minimum absolute atomic E-state index is 0.134. The van der Waals surface area contributed by atoms with Gasteiger partial charge in [-0.2, -0.15) is 13.2 Å². The first-order valence-corrected chi connectivity index (χ1v) is 39.3. The smallest absolute Gasteiger partial charge is 0.417 e. The average molecular weight is 1570 g/mol. The van der Waals surface area contributed by atoms with Gasteiger partial charge in [-0.25, -0.2) is 19.9 Å². The quantitative estimate of drug-likeness (QED) is 0.124. The van der Waals surface area contributed by atoms with Gasteiger partial charge >= 0.3 is 6.18 Å². The van der Waals surface area contributed by atoms with Gasteiger partial charge in [0.15, 0.2) is 22.3 Å². The molecule has 118 heavy (non-hydrogen) atoms. The molecule has 0 aliphatic carbocycles. The van der Waals surface area contributed by atoms with Crippen molar-refractivity contribution in [2.24, 2.45) is 0 Å². The molecule has 0 aliphatic rings. The highest BCUT2D eigenvalue weighted by molar-refractivity contribution is 5.80. The lowest BCUT2D eigenvalue weighted by molar-refractivity contribution is -0.137. The standard InChI is InChI=1S/C29H28O2.C16H15F3.4C15H13NO/c1-21-5-13-25(14-6-21)30-27-17-9-23(10-18-27)29(3,4)24-11-19-28(20-12-24)31-26-15-7-22(2)8-16-26;1-10-4-6-13(12(3)8-10)14-7-5-11(2)9-15(14)16(17,18)19;1-10-3-6-12(7-4-10)15-16-13-9-11(2)5-8-14(13)17-15;1-10-3-6-12(7-4-10)15-16-13-8-5-11(2)9-14(13)17-15;1-10-4-3-5-12(8-10)15-16-13-9-11(2)6-7-14(13)17-15;1-10-4-3-5-12(8-10)15-16-13-7-6-11(2)9-14(13)17-15/h5-20H,1-4H3;4-9H,1-3H3;4*3-9H,1-2H3. The van der Waals surface area contributed by atoms with Crippen molar-refractivity contribution in [2.75, 3.05) is 0 Å². The predicted octanol–water partition coefficient (Wildman–Crippen LogP) is 30.0. The Morgan fingerprint density at radius 2 is 0.542 bits per heavy atom. The molecule has 4 aromatic heterocycles. The van der Waals surface area contributed by atoms with E-state index in [1.807, 2.05) is 210 Å². The van der Waals surface area contributed by atoms with E-state index in [1.54, 1.807) is 25.1 Å². The fraction of sp³-hybridized carbons (Fsp3) is 0.162. The highest BCUT2D eigenvalue weighted by Gasteiger charge is 2.34. The van der Waals surface area contributed by atoms with Crippen LogP contribution in [0, 0.1) is 90.0 Å². The van der Waals surface area contributed by atoms with Gasteiger partial charge in [-0.15, -0.1) is 0 Å². The number of ether oxygens (including phenoxy) is 2. The molecule has 10 nitrogen and oxygen atoms in total. The van der Waals surface area contributed by atoms with Crippen molar-refractivity contribution in [1.82, 2.24) is 19.9 Å². The molecule has 0 unspecified atom stereocenters. The van der Waals surface area contributed by atoms with Crippen molar-refractivity contribution in [2.45, 2.75) is 115 Å². The third kappa shape index (κ3) is 21.3. The number of aryl methyl sites for hydroxylation is 13. The molecular formula is C105H95F3N4O6. The van der Waals surface area contributed by atoms with Crippen LogP contribution < -0.4 is 9.47 Å². The minimum Gasteiger partial charge on any atom is -0.457 e. The van der Waals surface area contributed by atoms with Gasteiger partial charge in [0, 0.05) is 27.7 Å². The van der Waals surface area contributed by atoms with E-state index in [0.29, 0.717) is 34.7 Å². The molecule has 0 saturated heterocycles. The zero-order chi connectivity index (χ0) is 83.4. The van der Waals surface area contributed by atoms with Gasteiger partial charge < -0.3 is 27.1 Å². The molecule has 0 atom stereocenters. The number of oxazole rings is 4. The van der Waals surface area contributed by atoms with Gasteiger partial charge in [-0.3, -0.25) is 0 Å². The van der Waals surface area contributed by atoms with Crippen LogP contribution in [-0.4, -0.2) is 19.9 Å². The van der Waals surface area contributed by atoms with Gasteiger partial charge in [0.1, 0.15) is 45.1 Å². The Morgan fingerprint density at radius 3 is 0.924 bits per heavy atom. The molecule has 0 aliphatic heterocycles. The van der Waals surface area contributed by atoms with Crippen LogP contribution in [0.3, 0.4) is 0 Å². The summed E-state index contributed by atoms with van der Waals surface area (Å²) in [6.07, 6.45) is -4.33. The monoisotopic (exact) mass is 1560 g/mol. The summed E-state index contributed by atoms with van der Waals surface area (Å²) in [7, 11) is 0. The van der Waals surface area contributed by atoms with E-state index >= 15 is 0 Å². The van der Waals surface area contributed by atoms with E-state index in [-0.39, 0.29) is 11.0 Å². The molecule has 0 bridgehead atoms. The van der Waals surface area contributed by atoms with E-state index in [2.05, 4.69) is 186 Å². The number of hydrogen-bond donors (Lipinski definition) is 0. The lowest BCUT2D eigenvalue weighted by atomic mass is 9.78. The number of hydrogen-bond acceptors (Lipinski definition) is 10. The van der Waals surface area contributed by atoms with Crippen LogP contribution in [0.2, 0.25) is 0 Å². The van der Waals surface area contributed by atoms with Crippen LogP contribution in [-0.2, 0) is 11.6 Å². The zero-order valence-corrected chi connectivity index (χ0v) is 69.2. The lowest BCUT2D eigenvalue weighted by Gasteiger charge is -2.26. The minimum atomic E-state index is -4.33. The maximum absolute atomic E-state index is 13.1. The largest absolute Gasteiger partial charge is 0.457 e. The van der Waals surface area contributed by atoms with E-state index in [1.165, 1.54) is 72.8 Å². The summed E-state index contributed by atoms with van der Waals surface area (Å²) < 4.78 is 74.3. The van der Waals surface area contributed by atoms with Crippen molar-refractivity contribution >= 4 is 44.4 Å². The number of benzene rings is 14. The summed E-state index contributed by atoms with van der Waals surface area (Å²) >= 11 is 0. The molecule has 18 rings (SSSR count). The highest BCUT2D eigenvalue weighted by Crippen LogP contribution is 2.40. The number of alkyl halides is 3. The number of aromatic nitrogens is 4. The third-order valence-corrected chi connectivity index (χ3v) is 20.1. The van der Waals surface area contributed by atoms with Crippen LogP contribution in [0.25, 0.3) is 101 Å². The van der Waals surface area contributed by atoms with E-state index in [9.17, 15) is 13.2 Å². The van der Waals surface area contributed by atoms with Crippen molar-refractivity contribution in [3.63, 3.8) is 0 Å². The second-order valence-corrected chi connectivity index (χ2v) is 30.8. The molecule has 14 aromatic carbocycles. The summed E-state index contributed by atoms with van der Waals surface area (Å²) in [6.45, 7) is 30.5. The molecule has 13 heteroatoms. The van der Waals surface area contributed by atoms with Crippen LogP contribution in [0.15, 0.2) is 321 Å². The fourth-order valence-electron chi connectivity index (χ4n) is 13.4. The van der Waals surface area contributed by atoms with Crippen LogP contribution >= 0.6 is 0 Å². The molecule has 0 spiro atoms. The van der Waals surface area contributed by atoms with Crippen molar-refractivity contribution < 1.29 is 40.3 Å². The van der Waals surface area contributed by atoms with Crippen LogP contribution in [0.1, 0.15) is 103 Å². The second kappa shape index (κ2) is 36.4. The topological polar surface area (TPSA) is 123 Å². The Morgan fingerprint density at radius 1 is 0.246 bits per heavy atom. The molecule has 0 fully saturated rings. The Bertz CT molecular complexity index is 6120. The van der Waals surface area contributed by atoms with Crippen molar-refractivity contribution in [1.29, 1.82) is 0 Å². The Labute approximate surface area is 688 Å². The van der Waals surface area contributed by atoms with Gasteiger partial charge in [0.05, 0.1) is 5.56 Å². The molecule has 0 N–H and O–H groups in total. The molecule has 592 valence electrons. The number of fused-ring (bicyclic) bond motifs is 4.